The Labute approximate surface area is 146 Å². The smallest absolute Gasteiger partial charge is 0.338 e. The summed E-state index contributed by atoms with van der Waals surface area (Å²) >= 11 is 0. The number of alkyl halides is 3. The Morgan fingerprint density at radius 1 is 1.32 bits per heavy atom. The molecule has 0 spiro atoms. The summed E-state index contributed by atoms with van der Waals surface area (Å²) in [6, 6.07) is 3.89. The van der Waals surface area contributed by atoms with Crippen molar-refractivity contribution in [3.63, 3.8) is 0 Å². The molecule has 1 aromatic carbocycles. The van der Waals surface area contributed by atoms with Gasteiger partial charge >= 0.3 is 6.18 Å². The maximum atomic E-state index is 13.2. The van der Waals surface area contributed by atoms with Gasteiger partial charge in [0, 0.05) is 19.1 Å². The summed E-state index contributed by atoms with van der Waals surface area (Å²) in [4.78, 5) is 15.0. The Bertz CT molecular complexity index is 671. The molecule has 0 radical (unpaired) electrons. The summed E-state index contributed by atoms with van der Waals surface area (Å²) in [5, 5.41) is 0. The maximum Gasteiger partial charge on any atom is 0.416 e. The number of nitrogens with two attached hydrogens (primary N) is 1. The third-order valence-corrected chi connectivity index (χ3v) is 5.95. The molecule has 2 aliphatic rings. The van der Waals surface area contributed by atoms with Crippen LogP contribution in [-0.2, 0) is 23.9 Å². The van der Waals surface area contributed by atoms with Gasteiger partial charge in [-0.3, -0.25) is 4.79 Å². The topological polar surface area (TPSA) is 46.3 Å². The normalized spacial score (nSPS) is 26.8. The van der Waals surface area contributed by atoms with Crippen LogP contribution >= 0.6 is 0 Å². The highest BCUT2D eigenvalue weighted by molar-refractivity contribution is 5.83. The molecule has 3 nitrogen and oxygen atoms in total. The van der Waals surface area contributed by atoms with Gasteiger partial charge in [-0.05, 0) is 54.9 Å². The molecule has 1 aliphatic heterocycles. The summed E-state index contributed by atoms with van der Waals surface area (Å²) < 4.78 is 38.9. The van der Waals surface area contributed by atoms with Crippen LogP contribution in [-0.4, -0.2) is 23.4 Å². The Balaban J connectivity index is 1.85. The molecule has 1 amide bonds. The molecule has 25 heavy (non-hydrogen) atoms. The van der Waals surface area contributed by atoms with Crippen LogP contribution in [0, 0.1) is 11.3 Å². The zero-order valence-corrected chi connectivity index (χ0v) is 14.7. The monoisotopic (exact) mass is 354 g/mol. The predicted octanol–water partition coefficient (Wildman–Crippen LogP) is 3.74. The predicted molar refractivity (Wildman–Crippen MR) is 89.7 cm³/mol. The molecule has 1 aliphatic carbocycles. The van der Waals surface area contributed by atoms with Crippen LogP contribution in [0.2, 0.25) is 0 Å². The molecule has 1 heterocycles. The standard InChI is InChI=1S/C19H25F3N2O/c1-12(2)18(7-5-16(23)10-18)17(25)24-8-6-13-3-4-15(19(20,21)22)9-14(13)11-24/h3-4,9,12,16H,5-8,10-11,23H2,1-2H3. The van der Waals surface area contributed by atoms with Crippen LogP contribution in [0.25, 0.3) is 0 Å². The summed E-state index contributed by atoms with van der Waals surface area (Å²) in [5.41, 5.74) is 6.45. The lowest BCUT2D eigenvalue weighted by Gasteiger charge is -2.39. The molecule has 6 heteroatoms. The zero-order valence-electron chi connectivity index (χ0n) is 14.7. The molecule has 2 unspecified atom stereocenters. The van der Waals surface area contributed by atoms with E-state index < -0.39 is 17.2 Å². The summed E-state index contributed by atoms with van der Waals surface area (Å²) in [7, 11) is 0. The molecule has 1 fully saturated rings. The third kappa shape index (κ3) is 3.28. The number of amides is 1. The van der Waals surface area contributed by atoms with E-state index in [4.69, 9.17) is 5.73 Å². The largest absolute Gasteiger partial charge is 0.416 e. The van der Waals surface area contributed by atoms with Crippen LogP contribution in [0.4, 0.5) is 13.2 Å². The van der Waals surface area contributed by atoms with Gasteiger partial charge in [0.15, 0.2) is 0 Å². The fourth-order valence-corrected chi connectivity index (χ4v) is 4.30. The fraction of sp³-hybridized carbons (Fsp3) is 0.632. The van der Waals surface area contributed by atoms with Crippen molar-refractivity contribution in [3.05, 3.63) is 34.9 Å². The number of hydrogen-bond acceptors (Lipinski definition) is 2. The average Bonchev–Trinajstić information content (AvgIpc) is 2.95. The van der Waals surface area contributed by atoms with E-state index in [9.17, 15) is 18.0 Å². The highest BCUT2D eigenvalue weighted by Crippen LogP contribution is 2.46. The average molecular weight is 354 g/mol. The third-order valence-electron chi connectivity index (χ3n) is 5.95. The van der Waals surface area contributed by atoms with Crippen molar-refractivity contribution in [2.75, 3.05) is 6.54 Å². The van der Waals surface area contributed by atoms with Crippen molar-refractivity contribution in [2.24, 2.45) is 17.1 Å². The van der Waals surface area contributed by atoms with Gasteiger partial charge in [-0.15, -0.1) is 0 Å². The molecule has 0 saturated heterocycles. The number of nitrogens with zero attached hydrogens (tertiary/aromatic N) is 1. The molecule has 138 valence electrons. The summed E-state index contributed by atoms with van der Waals surface area (Å²) in [5.74, 6) is 0.218. The number of rotatable bonds is 2. The number of benzene rings is 1. The Morgan fingerprint density at radius 3 is 2.60 bits per heavy atom. The van der Waals surface area contributed by atoms with Crippen LogP contribution in [0.1, 0.15) is 49.8 Å². The highest BCUT2D eigenvalue weighted by atomic mass is 19.4. The molecule has 2 N–H and O–H groups in total. The van der Waals surface area contributed by atoms with Gasteiger partial charge in [-0.25, -0.2) is 0 Å². The van der Waals surface area contributed by atoms with Crippen molar-refractivity contribution in [1.29, 1.82) is 0 Å². The number of carbonyl (C=O) groups excluding carboxylic acids is 1. The van der Waals surface area contributed by atoms with E-state index in [0.29, 0.717) is 24.9 Å². The van der Waals surface area contributed by atoms with Gasteiger partial charge in [0.05, 0.1) is 11.0 Å². The Hall–Kier alpha value is -1.56. The SMILES string of the molecule is CC(C)C1(C(=O)N2CCc3ccc(C(F)(F)F)cc3C2)CCC(N)C1. The number of halogens is 3. The van der Waals surface area contributed by atoms with Crippen LogP contribution in [0.5, 0.6) is 0 Å². The Morgan fingerprint density at radius 2 is 2.04 bits per heavy atom. The van der Waals surface area contributed by atoms with Gasteiger partial charge in [0.2, 0.25) is 5.91 Å². The van der Waals surface area contributed by atoms with E-state index in [-0.39, 0.29) is 24.4 Å². The second kappa shape index (κ2) is 6.31. The van der Waals surface area contributed by atoms with E-state index >= 15 is 0 Å². The number of fused-ring (bicyclic) bond motifs is 1. The van der Waals surface area contributed by atoms with Crippen molar-refractivity contribution in [1.82, 2.24) is 4.90 Å². The van der Waals surface area contributed by atoms with Crippen molar-refractivity contribution < 1.29 is 18.0 Å². The summed E-state index contributed by atoms with van der Waals surface area (Å²) in [6.45, 7) is 4.88. The lowest BCUT2D eigenvalue weighted by molar-refractivity contribution is -0.145. The quantitative estimate of drug-likeness (QED) is 0.879. The first kappa shape index (κ1) is 18.2. The van der Waals surface area contributed by atoms with E-state index in [1.807, 2.05) is 13.8 Å². The Kier molecular flexibility index (Phi) is 4.60. The molecule has 3 rings (SSSR count). The number of carbonyl (C=O) groups is 1. The minimum absolute atomic E-state index is 0.0280. The maximum absolute atomic E-state index is 13.2. The first-order valence-corrected chi connectivity index (χ1v) is 8.87. The van der Waals surface area contributed by atoms with E-state index in [1.54, 1.807) is 11.0 Å². The highest BCUT2D eigenvalue weighted by Gasteiger charge is 2.48. The lowest BCUT2D eigenvalue weighted by Crippen LogP contribution is -2.48. The molecule has 1 aromatic rings. The van der Waals surface area contributed by atoms with E-state index in [2.05, 4.69) is 0 Å². The van der Waals surface area contributed by atoms with Crippen molar-refractivity contribution in [3.8, 4) is 0 Å². The number of hydrogen-bond donors (Lipinski definition) is 1. The van der Waals surface area contributed by atoms with Crippen LogP contribution in [0.15, 0.2) is 18.2 Å². The van der Waals surface area contributed by atoms with E-state index in [0.717, 1.165) is 24.5 Å². The van der Waals surface area contributed by atoms with Gasteiger partial charge < -0.3 is 10.6 Å². The molecular weight excluding hydrogens is 329 g/mol. The first-order valence-electron chi connectivity index (χ1n) is 8.87. The molecule has 1 saturated carbocycles. The fourth-order valence-electron chi connectivity index (χ4n) is 4.30. The van der Waals surface area contributed by atoms with Crippen LogP contribution in [0.3, 0.4) is 0 Å². The van der Waals surface area contributed by atoms with Gasteiger partial charge in [-0.2, -0.15) is 13.2 Å². The molecule has 0 aromatic heterocycles. The molecule has 2 atom stereocenters. The molecule has 0 bridgehead atoms. The minimum atomic E-state index is -4.36. The second-order valence-electron chi connectivity index (χ2n) is 7.77. The first-order chi connectivity index (χ1) is 11.6. The van der Waals surface area contributed by atoms with Gasteiger partial charge in [0.25, 0.3) is 0 Å². The molecular formula is C19H25F3N2O. The zero-order chi connectivity index (χ0) is 18.4. The van der Waals surface area contributed by atoms with Gasteiger partial charge in [0.1, 0.15) is 0 Å². The van der Waals surface area contributed by atoms with E-state index in [1.165, 1.54) is 6.07 Å². The minimum Gasteiger partial charge on any atom is -0.338 e. The summed E-state index contributed by atoms with van der Waals surface area (Å²) in [6.07, 6.45) is -1.52. The van der Waals surface area contributed by atoms with Gasteiger partial charge in [-0.1, -0.05) is 19.9 Å². The lowest BCUT2D eigenvalue weighted by atomic mass is 9.74. The van der Waals surface area contributed by atoms with Crippen LogP contribution < -0.4 is 5.73 Å². The van der Waals surface area contributed by atoms with Crippen molar-refractivity contribution in [2.45, 2.75) is 58.3 Å². The second-order valence-corrected chi connectivity index (χ2v) is 7.77. The van der Waals surface area contributed by atoms with Crippen molar-refractivity contribution >= 4 is 5.91 Å².